The number of fused-ring (bicyclic) bond motifs is 9. The molecule has 0 N–H and O–H groups in total. The Morgan fingerprint density at radius 2 is 0.725 bits per heavy atom. The molecule has 0 aliphatic carbocycles. The first-order chi connectivity index (χ1) is 25.3. The maximum atomic E-state index is 6.14. The monoisotopic (exact) mass is 650 g/mol. The fraction of sp³-hybridized carbons (Fsp3) is 0. The second-order valence-electron chi connectivity index (χ2n) is 13.4. The van der Waals surface area contributed by atoms with E-state index in [-0.39, 0.29) is 0 Å². The summed E-state index contributed by atoms with van der Waals surface area (Å²) in [5.74, 6) is 0. The van der Waals surface area contributed by atoms with Crippen molar-refractivity contribution in [3.05, 3.63) is 182 Å². The lowest BCUT2D eigenvalue weighted by molar-refractivity contribution is 0.669. The highest BCUT2D eigenvalue weighted by atomic mass is 16.3. The maximum absolute atomic E-state index is 6.14. The molecule has 0 unspecified atom stereocenters. The molecule has 3 heteroatoms. The number of furan rings is 1. The van der Waals surface area contributed by atoms with E-state index in [0.717, 1.165) is 27.6 Å². The van der Waals surface area contributed by atoms with Gasteiger partial charge in [-0.1, -0.05) is 103 Å². The van der Waals surface area contributed by atoms with Crippen molar-refractivity contribution in [3.8, 4) is 33.6 Å². The molecule has 3 heterocycles. The predicted molar refractivity (Wildman–Crippen MR) is 213 cm³/mol. The van der Waals surface area contributed by atoms with Crippen LogP contribution in [0.5, 0.6) is 0 Å². The van der Waals surface area contributed by atoms with Gasteiger partial charge in [-0.2, -0.15) is 0 Å². The first kappa shape index (κ1) is 28.0. The van der Waals surface area contributed by atoms with Crippen LogP contribution in [0.25, 0.3) is 99.2 Å². The molecule has 0 amide bonds. The fourth-order valence-corrected chi connectivity index (χ4v) is 8.15. The zero-order valence-corrected chi connectivity index (χ0v) is 27.6. The van der Waals surface area contributed by atoms with Gasteiger partial charge in [-0.05, 0) is 101 Å². The molecule has 0 radical (unpaired) electrons. The highest BCUT2D eigenvalue weighted by molar-refractivity contribution is 6.13. The predicted octanol–water partition coefficient (Wildman–Crippen LogP) is 13.1. The molecule has 8 aromatic carbocycles. The number of benzene rings is 8. The van der Waals surface area contributed by atoms with E-state index < -0.39 is 0 Å². The Hall–Kier alpha value is -6.84. The van der Waals surface area contributed by atoms with E-state index in [2.05, 4.69) is 179 Å². The minimum Gasteiger partial charge on any atom is -0.456 e. The topological polar surface area (TPSA) is 23.0 Å². The third-order valence-electron chi connectivity index (χ3n) is 10.5. The van der Waals surface area contributed by atoms with Crippen molar-refractivity contribution in [1.82, 2.24) is 9.13 Å². The Kier molecular flexibility index (Phi) is 5.96. The fourth-order valence-electron chi connectivity index (χ4n) is 8.15. The summed E-state index contributed by atoms with van der Waals surface area (Å²) < 4.78 is 10.9. The smallest absolute Gasteiger partial charge is 0.135 e. The summed E-state index contributed by atoms with van der Waals surface area (Å²) in [6.07, 6.45) is 0. The van der Waals surface area contributed by atoms with E-state index in [9.17, 15) is 0 Å². The van der Waals surface area contributed by atoms with Crippen LogP contribution in [0.2, 0.25) is 0 Å². The standard InChI is InChI=1S/C48H30N2O/c1-3-11-35(12-4-1)49-43-17-9-7-15-37(43)40-27-31(20-24-44(40)49)32-21-25-45-41(28-32)38-23-19-34(30-46(38)50(45)36-13-5-2-6-14-36)33-22-26-48-42(29-33)39-16-8-10-18-47(39)51-48/h1-30H. The molecular formula is C48H30N2O. The van der Waals surface area contributed by atoms with Crippen LogP contribution in [0.3, 0.4) is 0 Å². The molecule has 11 rings (SSSR count). The number of rotatable bonds is 4. The molecule has 0 saturated carbocycles. The Morgan fingerprint density at radius 1 is 0.275 bits per heavy atom. The lowest BCUT2D eigenvalue weighted by Crippen LogP contribution is -1.93. The van der Waals surface area contributed by atoms with E-state index in [1.807, 2.05) is 12.1 Å². The molecule has 0 bridgehead atoms. The summed E-state index contributed by atoms with van der Waals surface area (Å²) in [4.78, 5) is 0. The summed E-state index contributed by atoms with van der Waals surface area (Å²) in [6.45, 7) is 0. The lowest BCUT2D eigenvalue weighted by atomic mass is 9.99. The van der Waals surface area contributed by atoms with E-state index in [4.69, 9.17) is 4.42 Å². The van der Waals surface area contributed by atoms with Crippen LogP contribution in [0.4, 0.5) is 0 Å². The lowest BCUT2D eigenvalue weighted by Gasteiger charge is -2.10. The molecule has 51 heavy (non-hydrogen) atoms. The van der Waals surface area contributed by atoms with Crippen molar-refractivity contribution in [2.24, 2.45) is 0 Å². The van der Waals surface area contributed by atoms with Gasteiger partial charge in [0, 0.05) is 43.7 Å². The molecule has 0 fully saturated rings. The minimum atomic E-state index is 0.912. The number of aromatic nitrogens is 2. The van der Waals surface area contributed by atoms with Crippen LogP contribution in [-0.4, -0.2) is 9.13 Å². The Morgan fingerprint density at radius 3 is 1.41 bits per heavy atom. The molecule has 11 aromatic rings. The van der Waals surface area contributed by atoms with E-state index in [1.165, 1.54) is 71.6 Å². The van der Waals surface area contributed by atoms with Gasteiger partial charge in [0.2, 0.25) is 0 Å². The summed E-state index contributed by atoms with van der Waals surface area (Å²) >= 11 is 0. The van der Waals surface area contributed by atoms with Crippen LogP contribution in [0.15, 0.2) is 186 Å². The molecule has 0 aliphatic rings. The molecule has 3 aromatic heterocycles. The summed E-state index contributed by atoms with van der Waals surface area (Å²) in [7, 11) is 0. The average Bonchev–Trinajstić information content (AvgIpc) is 3.85. The third kappa shape index (κ3) is 4.25. The van der Waals surface area contributed by atoms with Crippen molar-refractivity contribution in [1.29, 1.82) is 0 Å². The van der Waals surface area contributed by atoms with Gasteiger partial charge in [-0.25, -0.2) is 0 Å². The number of para-hydroxylation sites is 4. The first-order valence-electron chi connectivity index (χ1n) is 17.4. The number of hydrogen-bond acceptors (Lipinski definition) is 1. The van der Waals surface area contributed by atoms with E-state index in [1.54, 1.807) is 0 Å². The van der Waals surface area contributed by atoms with Gasteiger partial charge in [0.1, 0.15) is 11.2 Å². The minimum absolute atomic E-state index is 0.912. The van der Waals surface area contributed by atoms with Crippen molar-refractivity contribution in [2.75, 3.05) is 0 Å². The first-order valence-corrected chi connectivity index (χ1v) is 17.4. The van der Waals surface area contributed by atoms with Crippen molar-refractivity contribution < 1.29 is 4.42 Å². The van der Waals surface area contributed by atoms with Crippen molar-refractivity contribution in [3.63, 3.8) is 0 Å². The van der Waals surface area contributed by atoms with Crippen molar-refractivity contribution >= 4 is 65.6 Å². The molecular weight excluding hydrogens is 621 g/mol. The quantitative estimate of drug-likeness (QED) is 0.186. The Balaban J connectivity index is 1.10. The zero-order valence-electron chi connectivity index (χ0n) is 27.6. The normalized spacial score (nSPS) is 11.9. The average molecular weight is 651 g/mol. The Labute approximate surface area is 293 Å². The number of nitrogens with zero attached hydrogens (tertiary/aromatic N) is 2. The zero-order chi connectivity index (χ0) is 33.5. The molecule has 238 valence electrons. The Bertz CT molecular complexity index is 3130. The van der Waals surface area contributed by atoms with Crippen LogP contribution in [0, 0.1) is 0 Å². The van der Waals surface area contributed by atoms with Gasteiger partial charge >= 0.3 is 0 Å². The summed E-state index contributed by atoms with van der Waals surface area (Å²) in [5, 5.41) is 7.27. The van der Waals surface area contributed by atoms with E-state index >= 15 is 0 Å². The van der Waals surface area contributed by atoms with Crippen molar-refractivity contribution in [2.45, 2.75) is 0 Å². The SMILES string of the molecule is c1ccc(-n2c3ccccc3c3cc(-c4ccc5c(c4)c4ccc(-c6ccc7oc8ccccc8c7c6)cc4n5-c4ccccc4)ccc32)cc1. The van der Waals surface area contributed by atoms with Gasteiger partial charge in [-0.15, -0.1) is 0 Å². The molecule has 0 saturated heterocycles. The number of hydrogen-bond donors (Lipinski definition) is 0. The molecule has 0 aliphatic heterocycles. The van der Waals surface area contributed by atoms with Crippen LogP contribution in [-0.2, 0) is 0 Å². The molecule has 0 atom stereocenters. The summed E-state index contributed by atoms with van der Waals surface area (Å²) in [6, 6.07) is 65.6. The van der Waals surface area contributed by atoms with Gasteiger partial charge < -0.3 is 13.6 Å². The van der Waals surface area contributed by atoms with Crippen LogP contribution in [0.1, 0.15) is 0 Å². The van der Waals surface area contributed by atoms with Gasteiger partial charge in [0.25, 0.3) is 0 Å². The highest BCUT2D eigenvalue weighted by Crippen LogP contribution is 2.40. The van der Waals surface area contributed by atoms with E-state index in [0.29, 0.717) is 0 Å². The summed E-state index contributed by atoms with van der Waals surface area (Å²) in [5.41, 5.74) is 13.7. The second-order valence-corrected chi connectivity index (χ2v) is 13.4. The third-order valence-corrected chi connectivity index (χ3v) is 10.5. The van der Waals surface area contributed by atoms with Gasteiger partial charge in [0.15, 0.2) is 0 Å². The maximum Gasteiger partial charge on any atom is 0.135 e. The molecule has 3 nitrogen and oxygen atoms in total. The van der Waals surface area contributed by atoms with Crippen LogP contribution >= 0.6 is 0 Å². The van der Waals surface area contributed by atoms with Gasteiger partial charge in [0.05, 0.1) is 22.1 Å². The van der Waals surface area contributed by atoms with Crippen LogP contribution < -0.4 is 0 Å². The van der Waals surface area contributed by atoms with Gasteiger partial charge in [-0.3, -0.25) is 0 Å². The molecule has 0 spiro atoms. The highest BCUT2D eigenvalue weighted by Gasteiger charge is 2.17. The second kappa shape index (κ2) is 10.8. The largest absolute Gasteiger partial charge is 0.456 e.